The van der Waals surface area contributed by atoms with Crippen molar-refractivity contribution >= 4 is 5.97 Å². The van der Waals surface area contributed by atoms with Gasteiger partial charge in [0.05, 0.1) is 0 Å². The summed E-state index contributed by atoms with van der Waals surface area (Å²) in [7, 11) is 0. The van der Waals surface area contributed by atoms with E-state index in [1.54, 1.807) is 0 Å². The van der Waals surface area contributed by atoms with E-state index in [2.05, 4.69) is 33.0 Å². The van der Waals surface area contributed by atoms with E-state index in [9.17, 15) is 4.79 Å². The van der Waals surface area contributed by atoms with Crippen molar-refractivity contribution in [3.8, 4) is 0 Å². The van der Waals surface area contributed by atoms with Crippen LogP contribution in [0.2, 0.25) is 0 Å². The molecule has 3 nitrogen and oxygen atoms in total. The lowest BCUT2D eigenvalue weighted by Gasteiger charge is -2.20. The van der Waals surface area contributed by atoms with Crippen molar-refractivity contribution < 1.29 is 9.90 Å². The summed E-state index contributed by atoms with van der Waals surface area (Å²) in [5.41, 5.74) is 0. The highest BCUT2D eigenvalue weighted by Crippen LogP contribution is 2.15. The van der Waals surface area contributed by atoms with E-state index in [-0.39, 0.29) is 12.3 Å². The van der Waals surface area contributed by atoms with E-state index in [0.29, 0.717) is 12.0 Å². The maximum absolute atomic E-state index is 10.7. The lowest BCUT2D eigenvalue weighted by atomic mass is 9.94. The Labute approximate surface area is 99.6 Å². The Morgan fingerprint density at radius 3 is 2.38 bits per heavy atom. The molecule has 2 atom stereocenters. The molecular formula is C13H27NO2. The molecule has 0 spiro atoms. The molecule has 2 N–H and O–H groups in total. The molecule has 96 valence electrons. The highest BCUT2D eigenvalue weighted by Gasteiger charge is 2.15. The molecule has 0 radical (unpaired) electrons. The molecule has 16 heavy (non-hydrogen) atoms. The van der Waals surface area contributed by atoms with Crippen LogP contribution in [0.4, 0.5) is 0 Å². The van der Waals surface area contributed by atoms with Crippen LogP contribution in [0.1, 0.15) is 53.4 Å². The van der Waals surface area contributed by atoms with Crippen LogP contribution < -0.4 is 5.32 Å². The summed E-state index contributed by atoms with van der Waals surface area (Å²) in [5.74, 6) is 0.139. The number of hydrogen-bond acceptors (Lipinski definition) is 2. The van der Waals surface area contributed by atoms with Crippen LogP contribution in [0.25, 0.3) is 0 Å². The lowest BCUT2D eigenvalue weighted by molar-refractivity contribution is -0.138. The van der Waals surface area contributed by atoms with Gasteiger partial charge in [-0.15, -0.1) is 0 Å². The fourth-order valence-electron chi connectivity index (χ4n) is 2.06. The second kappa shape index (κ2) is 8.57. The molecule has 0 aromatic carbocycles. The monoisotopic (exact) mass is 229 g/mol. The predicted molar refractivity (Wildman–Crippen MR) is 67.6 cm³/mol. The molecule has 0 fully saturated rings. The van der Waals surface area contributed by atoms with Gasteiger partial charge in [0.25, 0.3) is 0 Å². The fourth-order valence-corrected chi connectivity index (χ4v) is 2.06. The quantitative estimate of drug-likeness (QED) is 0.639. The molecule has 0 heterocycles. The first-order valence-corrected chi connectivity index (χ1v) is 6.40. The Hall–Kier alpha value is -0.570. The Kier molecular flexibility index (Phi) is 8.26. The lowest BCUT2D eigenvalue weighted by Crippen LogP contribution is -2.32. The third-order valence-electron chi connectivity index (χ3n) is 2.74. The molecule has 0 saturated carbocycles. The van der Waals surface area contributed by atoms with E-state index < -0.39 is 5.97 Å². The van der Waals surface area contributed by atoms with Crippen molar-refractivity contribution in [2.24, 2.45) is 11.8 Å². The third-order valence-corrected chi connectivity index (χ3v) is 2.74. The van der Waals surface area contributed by atoms with Gasteiger partial charge < -0.3 is 10.4 Å². The van der Waals surface area contributed by atoms with Crippen LogP contribution >= 0.6 is 0 Å². The van der Waals surface area contributed by atoms with Gasteiger partial charge in [-0.05, 0) is 38.1 Å². The average molecular weight is 229 g/mol. The van der Waals surface area contributed by atoms with Gasteiger partial charge in [-0.2, -0.15) is 0 Å². The summed E-state index contributed by atoms with van der Waals surface area (Å²) in [6.07, 6.45) is 3.59. The zero-order chi connectivity index (χ0) is 12.6. The number of hydrogen-bond donors (Lipinski definition) is 2. The zero-order valence-corrected chi connectivity index (χ0v) is 11.1. The zero-order valence-electron chi connectivity index (χ0n) is 11.1. The van der Waals surface area contributed by atoms with Gasteiger partial charge in [-0.3, -0.25) is 4.79 Å². The second-order valence-electron chi connectivity index (χ2n) is 5.19. The fraction of sp³-hybridized carbons (Fsp3) is 0.923. The summed E-state index contributed by atoms with van der Waals surface area (Å²) < 4.78 is 0. The summed E-state index contributed by atoms with van der Waals surface area (Å²) in [4.78, 5) is 10.7. The SMILES string of the molecule is CCCC(C)NCC(CC(=O)O)CC(C)C. The van der Waals surface area contributed by atoms with E-state index >= 15 is 0 Å². The molecule has 0 amide bonds. The van der Waals surface area contributed by atoms with Crippen molar-refractivity contribution in [2.45, 2.75) is 59.4 Å². The predicted octanol–water partition coefficient (Wildman–Crippen LogP) is 2.90. The van der Waals surface area contributed by atoms with Crippen molar-refractivity contribution in [1.29, 1.82) is 0 Å². The van der Waals surface area contributed by atoms with Crippen LogP contribution in [0.3, 0.4) is 0 Å². The normalized spacial score (nSPS) is 15.1. The number of aliphatic carboxylic acids is 1. The van der Waals surface area contributed by atoms with Gasteiger partial charge in [0.15, 0.2) is 0 Å². The van der Waals surface area contributed by atoms with Gasteiger partial charge in [0.1, 0.15) is 0 Å². The van der Waals surface area contributed by atoms with Crippen LogP contribution in [0.5, 0.6) is 0 Å². The highest BCUT2D eigenvalue weighted by atomic mass is 16.4. The third kappa shape index (κ3) is 8.72. The summed E-state index contributed by atoms with van der Waals surface area (Å²) in [6.45, 7) is 9.44. The summed E-state index contributed by atoms with van der Waals surface area (Å²) >= 11 is 0. The van der Waals surface area contributed by atoms with E-state index in [4.69, 9.17) is 5.11 Å². The minimum atomic E-state index is -0.685. The molecule has 0 aliphatic heterocycles. The molecule has 0 rings (SSSR count). The first-order valence-electron chi connectivity index (χ1n) is 6.40. The largest absolute Gasteiger partial charge is 0.481 e. The molecule has 0 aliphatic rings. The second-order valence-corrected chi connectivity index (χ2v) is 5.19. The minimum absolute atomic E-state index is 0.261. The average Bonchev–Trinajstić information content (AvgIpc) is 2.13. The first kappa shape index (κ1) is 15.4. The molecule has 0 aromatic heterocycles. The maximum atomic E-state index is 10.7. The Morgan fingerprint density at radius 1 is 1.31 bits per heavy atom. The molecule has 2 unspecified atom stereocenters. The molecular weight excluding hydrogens is 202 g/mol. The molecule has 0 saturated heterocycles. The number of carbonyl (C=O) groups is 1. The van der Waals surface area contributed by atoms with Crippen LogP contribution in [0, 0.1) is 11.8 Å². The van der Waals surface area contributed by atoms with Crippen LogP contribution in [-0.4, -0.2) is 23.7 Å². The van der Waals surface area contributed by atoms with Crippen molar-refractivity contribution in [2.75, 3.05) is 6.54 Å². The highest BCUT2D eigenvalue weighted by molar-refractivity contribution is 5.67. The number of rotatable bonds is 9. The van der Waals surface area contributed by atoms with Crippen molar-refractivity contribution in [3.63, 3.8) is 0 Å². The standard InChI is InChI=1S/C13H27NO2/c1-5-6-11(4)14-9-12(7-10(2)3)8-13(15)16/h10-12,14H,5-9H2,1-4H3,(H,15,16). The molecule has 0 aliphatic carbocycles. The number of carboxylic acids is 1. The Morgan fingerprint density at radius 2 is 1.94 bits per heavy atom. The minimum Gasteiger partial charge on any atom is -0.481 e. The Bertz CT molecular complexity index is 192. The molecule has 0 aromatic rings. The van der Waals surface area contributed by atoms with Gasteiger partial charge in [-0.1, -0.05) is 27.2 Å². The van der Waals surface area contributed by atoms with E-state index in [1.165, 1.54) is 6.42 Å². The van der Waals surface area contributed by atoms with Crippen LogP contribution in [-0.2, 0) is 4.79 Å². The summed E-state index contributed by atoms with van der Waals surface area (Å²) in [6, 6.07) is 0.494. The van der Waals surface area contributed by atoms with E-state index in [1.807, 2.05) is 0 Å². The Balaban J connectivity index is 3.95. The smallest absolute Gasteiger partial charge is 0.303 e. The van der Waals surface area contributed by atoms with Crippen molar-refractivity contribution in [3.05, 3.63) is 0 Å². The van der Waals surface area contributed by atoms with Crippen LogP contribution in [0.15, 0.2) is 0 Å². The van der Waals surface area contributed by atoms with Gasteiger partial charge in [0.2, 0.25) is 0 Å². The topological polar surface area (TPSA) is 49.3 Å². The summed E-state index contributed by atoms with van der Waals surface area (Å²) in [5, 5.41) is 12.3. The maximum Gasteiger partial charge on any atom is 0.303 e. The van der Waals surface area contributed by atoms with Crippen molar-refractivity contribution in [1.82, 2.24) is 5.32 Å². The number of nitrogens with one attached hydrogen (secondary N) is 1. The van der Waals surface area contributed by atoms with Gasteiger partial charge in [0, 0.05) is 12.5 Å². The van der Waals surface area contributed by atoms with Gasteiger partial charge >= 0.3 is 5.97 Å². The first-order chi connectivity index (χ1) is 7.45. The number of carboxylic acid groups (broad SMARTS) is 1. The van der Waals surface area contributed by atoms with E-state index in [0.717, 1.165) is 19.4 Å². The molecule has 0 bridgehead atoms. The van der Waals surface area contributed by atoms with Gasteiger partial charge in [-0.25, -0.2) is 0 Å². The molecule has 3 heteroatoms.